The molecule has 0 aromatic heterocycles. The minimum atomic E-state index is 0.0399. The number of benzene rings is 3. The molecule has 0 atom stereocenters. The summed E-state index contributed by atoms with van der Waals surface area (Å²) >= 11 is 0. The minimum absolute atomic E-state index is 0.0399. The first-order valence-electron chi connectivity index (χ1n) is 11.0. The molecule has 9 nitrogen and oxygen atoms in total. The van der Waals surface area contributed by atoms with Crippen molar-refractivity contribution in [3.63, 3.8) is 0 Å². The van der Waals surface area contributed by atoms with Crippen molar-refractivity contribution in [2.24, 2.45) is 5.73 Å². The van der Waals surface area contributed by atoms with Gasteiger partial charge < -0.3 is 35.3 Å². The molecule has 7 N–H and O–H groups in total. The Hall–Kier alpha value is -4.24. The van der Waals surface area contributed by atoms with Gasteiger partial charge in [-0.15, -0.1) is 0 Å². The van der Waals surface area contributed by atoms with Crippen molar-refractivity contribution in [1.29, 1.82) is 0 Å². The van der Waals surface area contributed by atoms with E-state index in [4.69, 9.17) is 40.7 Å². The number of ether oxygens (including phenoxy) is 3. The highest BCUT2D eigenvalue weighted by molar-refractivity contribution is 5.76. The van der Waals surface area contributed by atoms with Gasteiger partial charge in [0.25, 0.3) is 0 Å². The van der Waals surface area contributed by atoms with Gasteiger partial charge in [0.1, 0.15) is 6.29 Å². The highest BCUT2D eigenvalue weighted by Crippen LogP contribution is 2.27. The Morgan fingerprint density at radius 1 is 0.750 bits per heavy atom. The zero-order chi connectivity index (χ0) is 27.5. The van der Waals surface area contributed by atoms with Crippen LogP contribution in [0.5, 0.6) is 34.5 Å². The largest absolute Gasteiger partial charge is 0.504 e. The van der Waals surface area contributed by atoms with Crippen LogP contribution in [-0.4, -0.2) is 49.1 Å². The summed E-state index contributed by atoms with van der Waals surface area (Å²) < 4.78 is 14.5. The predicted molar refractivity (Wildman–Crippen MR) is 140 cm³/mol. The molecule has 3 aromatic carbocycles. The third-order valence-electron chi connectivity index (χ3n) is 4.22. The lowest BCUT2D eigenvalue weighted by Crippen LogP contribution is -2.29. The van der Waals surface area contributed by atoms with Crippen LogP contribution < -0.4 is 25.4 Å². The SMILES string of the molecule is CCC.COc1cc(C=O)ccc1O.COc1cc(C=[NH2+])ccc1O.COc1cc(CN)ccc1O. The Labute approximate surface area is 212 Å². The Morgan fingerprint density at radius 3 is 1.53 bits per heavy atom. The number of methoxy groups -OCH3 is 3. The molecule has 0 saturated carbocycles. The normalized spacial score (nSPS) is 9.06. The van der Waals surface area contributed by atoms with E-state index in [2.05, 4.69) is 13.8 Å². The summed E-state index contributed by atoms with van der Waals surface area (Å²) in [6.07, 6.45) is 3.39. The van der Waals surface area contributed by atoms with Crippen molar-refractivity contribution in [1.82, 2.24) is 0 Å². The maximum atomic E-state index is 10.2. The second-order valence-corrected chi connectivity index (χ2v) is 7.06. The Bertz CT molecular complexity index is 1010. The van der Waals surface area contributed by atoms with Crippen molar-refractivity contribution < 1.29 is 39.7 Å². The molecule has 0 radical (unpaired) electrons. The van der Waals surface area contributed by atoms with E-state index in [1.165, 1.54) is 58.2 Å². The molecule has 0 amide bonds. The average molecular weight is 502 g/mol. The first-order chi connectivity index (χ1) is 17.2. The fourth-order valence-corrected chi connectivity index (χ4v) is 2.41. The van der Waals surface area contributed by atoms with Gasteiger partial charge in [-0.3, -0.25) is 10.2 Å². The summed E-state index contributed by atoms with van der Waals surface area (Å²) in [5.74, 6) is 1.52. The first-order valence-corrected chi connectivity index (χ1v) is 11.0. The topological polar surface area (TPSA) is 157 Å². The molecule has 0 bridgehead atoms. The van der Waals surface area contributed by atoms with Crippen LogP contribution in [0.25, 0.3) is 0 Å². The molecule has 0 heterocycles. The van der Waals surface area contributed by atoms with Gasteiger partial charge in [-0.1, -0.05) is 26.3 Å². The zero-order valence-corrected chi connectivity index (χ0v) is 21.4. The third-order valence-corrected chi connectivity index (χ3v) is 4.22. The van der Waals surface area contributed by atoms with Crippen LogP contribution in [0.4, 0.5) is 0 Å². The van der Waals surface area contributed by atoms with Crippen molar-refractivity contribution in [2.75, 3.05) is 21.3 Å². The van der Waals surface area contributed by atoms with Gasteiger partial charge in [-0.25, -0.2) is 0 Å². The van der Waals surface area contributed by atoms with Gasteiger partial charge >= 0.3 is 0 Å². The number of aldehydes is 1. The number of rotatable bonds is 6. The Morgan fingerprint density at radius 2 is 1.14 bits per heavy atom. The molecule has 0 aliphatic carbocycles. The molecular weight excluding hydrogens is 464 g/mol. The standard InChI is InChI=1S/C8H11NO2.C8H9NO2.C8H8O3.C3H8/c3*1-11-8-4-6(5-9)2-3-7(8)10;1-3-2/h2-4,10H,5,9H2,1H3;2-5,9-10H,1H3;2-5,10H,1H3;3H2,1-2H3/p+1. The maximum Gasteiger partial charge on any atom is 0.167 e. The predicted octanol–water partition coefficient (Wildman–Crippen LogP) is 3.07. The van der Waals surface area contributed by atoms with E-state index in [9.17, 15) is 4.79 Å². The fourth-order valence-electron chi connectivity index (χ4n) is 2.41. The van der Waals surface area contributed by atoms with E-state index >= 15 is 0 Å². The summed E-state index contributed by atoms with van der Waals surface area (Å²) in [7, 11) is 4.44. The lowest BCUT2D eigenvalue weighted by atomic mass is 10.2. The lowest BCUT2D eigenvalue weighted by Gasteiger charge is -2.03. The van der Waals surface area contributed by atoms with E-state index in [1.54, 1.807) is 30.3 Å². The van der Waals surface area contributed by atoms with Crippen LogP contribution >= 0.6 is 0 Å². The van der Waals surface area contributed by atoms with Crippen LogP contribution in [0, 0.1) is 0 Å². The molecule has 0 unspecified atom stereocenters. The summed E-state index contributed by atoms with van der Waals surface area (Å²) in [6, 6.07) is 14.4. The molecule has 196 valence electrons. The lowest BCUT2D eigenvalue weighted by molar-refractivity contribution is -0.104. The summed E-state index contributed by atoms with van der Waals surface area (Å²) in [4.78, 5) is 10.2. The van der Waals surface area contributed by atoms with Crippen molar-refractivity contribution in [3.8, 4) is 34.5 Å². The molecule has 0 saturated heterocycles. The van der Waals surface area contributed by atoms with Crippen molar-refractivity contribution in [2.45, 2.75) is 26.8 Å². The number of carbonyl (C=O) groups excluding carboxylic acids is 1. The van der Waals surface area contributed by atoms with Crippen molar-refractivity contribution >= 4 is 12.5 Å². The second kappa shape index (κ2) is 18.1. The van der Waals surface area contributed by atoms with Gasteiger partial charge in [0.2, 0.25) is 0 Å². The molecule has 3 aromatic rings. The van der Waals surface area contributed by atoms with E-state index < -0.39 is 0 Å². The monoisotopic (exact) mass is 501 g/mol. The van der Waals surface area contributed by atoms with Gasteiger partial charge in [0.15, 0.2) is 40.7 Å². The fraction of sp³-hybridized carbons (Fsp3) is 0.259. The van der Waals surface area contributed by atoms with Crippen molar-refractivity contribution in [3.05, 3.63) is 71.3 Å². The summed E-state index contributed by atoms with van der Waals surface area (Å²) in [5.41, 5.74) is 7.64. The number of phenolic OH excluding ortho intramolecular Hbond substituents is 3. The number of carbonyl (C=O) groups is 1. The number of phenols is 3. The summed E-state index contributed by atoms with van der Waals surface area (Å²) in [6.45, 7) is 4.70. The highest BCUT2D eigenvalue weighted by Gasteiger charge is 2.02. The summed E-state index contributed by atoms with van der Waals surface area (Å²) in [5, 5.41) is 32.7. The maximum absolute atomic E-state index is 10.2. The van der Waals surface area contributed by atoms with E-state index in [1.807, 2.05) is 0 Å². The molecule has 0 aliphatic heterocycles. The van der Waals surface area contributed by atoms with Crippen LogP contribution in [0.3, 0.4) is 0 Å². The molecule has 0 spiro atoms. The van der Waals surface area contributed by atoms with Gasteiger partial charge in [0.05, 0.1) is 21.3 Å². The highest BCUT2D eigenvalue weighted by atomic mass is 16.5. The van der Waals surface area contributed by atoms with E-state index in [-0.39, 0.29) is 17.2 Å². The van der Waals surface area contributed by atoms with Gasteiger partial charge in [-0.05, 0) is 54.1 Å². The first kappa shape index (κ1) is 31.8. The number of hydrogen-bond acceptors (Lipinski definition) is 8. The van der Waals surface area contributed by atoms with Crippen LogP contribution in [0.1, 0.15) is 41.8 Å². The Kier molecular flexibility index (Phi) is 16.0. The van der Waals surface area contributed by atoms with Gasteiger partial charge in [0, 0.05) is 17.7 Å². The van der Waals surface area contributed by atoms with E-state index in [0.29, 0.717) is 35.6 Å². The molecule has 9 heteroatoms. The molecule has 0 aliphatic rings. The number of nitrogens with two attached hydrogens (primary N) is 2. The zero-order valence-electron chi connectivity index (χ0n) is 21.4. The van der Waals surface area contributed by atoms with Crippen LogP contribution in [0.15, 0.2) is 54.6 Å². The van der Waals surface area contributed by atoms with Crippen LogP contribution in [0.2, 0.25) is 0 Å². The average Bonchev–Trinajstić information content (AvgIpc) is 2.90. The third kappa shape index (κ3) is 11.3. The van der Waals surface area contributed by atoms with Gasteiger partial charge in [-0.2, -0.15) is 0 Å². The number of hydrogen-bond donors (Lipinski definition) is 5. The smallest absolute Gasteiger partial charge is 0.167 e. The molecular formula is C27H37N2O7+. The second-order valence-electron chi connectivity index (χ2n) is 7.06. The van der Waals surface area contributed by atoms with E-state index in [0.717, 1.165) is 11.1 Å². The number of aromatic hydroxyl groups is 3. The Balaban J connectivity index is 0.000000483. The molecule has 36 heavy (non-hydrogen) atoms. The minimum Gasteiger partial charge on any atom is -0.504 e. The quantitative estimate of drug-likeness (QED) is 0.255. The molecule has 0 fully saturated rings. The molecule has 3 rings (SSSR count). The van der Waals surface area contributed by atoms with Crippen LogP contribution in [-0.2, 0) is 6.54 Å².